The Morgan fingerprint density at radius 1 is 1.35 bits per heavy atom. The minimum atomic E-state index is -1.31. The van der Waals surface area contributed by atoms with Gasteiger partial charge in [-0.3, -0.25) is 4.79 Å². The van der Waals surface area contributed by atoms with Crippen molar-refractivity contribution in [3.8, 4) is 5.75 Å². The van der Waals surface area contributed by atoms with Gasteiger partial charge in [-0.25, -0.2) is 9.18 Å². The van der Waals surface area contributed by atoms with Gasteiger partial charge in [0.15, 0.2) is 18.2 Å². The molecule has 7 heteroatoms. The van der Waals surface area contributed by atoms with E-state index >= 15 is 0 Å². The molecule has 1 amide bonds. The second-order valence-corrected chi connectivity index (χ2v) is 4.20. The first-order valence-electron chi connectivity index (χ1n) is 6.09. The number of benzene rings is 1. The van der Waals surface area contributed by atoms with Crippen LogP contribution in [0.3, 0.4) is 0 Å². The van der Waals surface area contributed by atoms with E-state index in [1.165, 1.54) is 17.0 Å². The molecule has 0 aromatic heterocycles. The van der Waals surface area contributed by atoms with E-state index in [0.29, 0.717) is 26.3 Å². The van der Waals surface area contributed by atoms with E-state index in [0.717, 1.165) is 6.07 Å². The first kappa shape index (κ1) is 14.3. The summed E-state index contributed by atoms with van der Waals surface area (Å²) in [4.78, 5) is 24.3. The summed E-state index contributed by atoms with van der Waals surface area (Å²) >= 11 is 0. The van der Waals surface area contributed by atoms with Crippen molar-refractivity contribution in [1.82, 2.24) is 4.90 Å². The zero-order valence-corrected chi connectivity index (χ0v) is 10.7. The highest BCUT2D eigenvalue weighted by Crippen LogP contribution is 2.22. The molecule has 2 rings (SSSR count). The van der Waals surface area contributed by atoms with Crippen molar-refractivity contribution in [3.05, 3.63) is 29.6 Å². The Labute approximate surface area is 114 Å². The maximum absolute atomic E-state index is 13.6. The summed E-state index contributed by atoms with van der Waals surface area (Å²) in [6.45, 7) is 1.40. The van der Waals surface area contributed by atoms with Gasteiger partial charge in [0.25, 0.3) is 5.91 Å². The molecule has 1 aromatic carbocycles. The van der Waals surface area contributed by atoms with E-state index in [-0.39, 0.29) is 11.5 Å². The number of carbonyl (C=O) groups is 2. The van der Waals surface area contributed by atoms with E-state index in [1.807, 2.05) is 0 Å². The van der Waals surface area contributed by atoms with E-state index in [9.17, 15) is 14.0 Å². The Balaban J connectivity index is 2.03. The predicted octanol–water partition coefficient (Wildman–Crippen LogP) is 0.762. The molecule has 1 heterocycles. The normalized spacial score (nSPS) is 14.9. The van der Waals surface area contributed by atoms with E-state index in [1.54, 1.807) is 0 Å². The minimum absolute atomic E-state index is 0.306. The molecule has 0 spiro atoms. The standard InChI is InChI=1S/C13H14FNO5/c14-10-3-1-2-9(13(17)18)12(10)20-8-11(16)15-4-6-19-7-5-15/h1-3H,4-8H2,(H,17,18). The number of nitrogens with zero attached hydrogens (tertiary/aromatic N) is 1. The number of aromatic carboxylic acids is 1. The van der Waals surface area contributed by atoms with Gasteiger partial charge in [0.2, 0.25) is 0 Å². The van der Waals surface area contributed by atoms with Crippen molar-refractivity contribution >= 4 is 11.9 Å². The SMILES string of the molecule is O=C(O)c1cccc(F)c1OCC(=O)N1CCOCC1. The second-order valence-electron chi connectivity index (χ2n) is 4.20. The zero-order chi connectivity index (χ0) is 14.5. The van der Waals surface area contributed by atoms with Crippen LogP contribution in [0.25, 0.3) is 0 Å². The van der Waals surface area contributed by atoms with Crippen molar-refractivity contribution < 1.29 is 28.6 Å². The van der Waals surface area contributed by atoms with Gasteiger partial charge in [0.1, 0.15) is 5.56 Å². The van der Waals surface area contributed by atoms with Crippen molar-refractivity contribution in [1.29, 1.82) is 0 Å². The monoisotopic (exact) mass is 283 g/mol. The van der Waals surface area contributed by atoms with Gasteiger partial charge in [0.05, 0.1) is 13.2 Å². The number of carboxylic acids is 1. The van der Waals surface area contributed by atoms with Crippen LogP contribution < -0.4 is 4.74 Å². The van der Waals surface area contributed by atoms with Crippen LogP contribution in [0.1, 0.15) is 10.4 Å². The molecule has 0 aliphatic carbocycles. The fraction of sp³-hybridized carbons (Fsp3) is 0.385. The van der Waals surface area contributed by atoms with Crippen LogP contribution in [-0.2, 0) is 9.53 Å². The van der Waals surface area contributed by atoms with Gasteiger partial charge in [-0.2, -0.15) is 0 Å². The molecule has 108 valence electrons. The number of ether oxygens (including phenoxy) is 2. The number of halogens is 1. The highest BCUT2D eigenvalue weighted by atomic mass is 19.1. The zero-order valence-electron chi connectivity index (χ0n) is 10.7. The smallest absolute Gasteiger partial charge is 0.339 e. The summed E-state index contributed by atoms with van der Waals surface area (Å²) in [7, 11) is 0. The van der Waals surface area contributed by atoms with Gasteiger partial charge in [0, 0.05) is 13.1 Å². The average Bonchev–Trinajstić information content (AvgIpc) is 2.46. The molecule has 1 fully saturated rings. The third kappa shape index (κ3) is 3.24. The Morgan fingerprint density at radius 3 is 2.70 bits per heavy atom. The van der Waals surface area contributed by atoms with Crippen LogP contribution in [-0.4, -0.2) is 54.8 Å². The molecule has 0 bridgehead atoms. The number of amides is 1. The molecule has 20 heavy (non-hydrogen) atoms. The molecular weight excluding hydrogens is 269 g/mol. The summed E-state index contributed by atoms with van der Waals surface area (Å²) in [6, 6.07) is 3.58. The molecule has 0 atom stereocenters. The largest absolute Gasteiger partial charge is 0.480 e. The summed E-state index contributed by atoms with van der Waals surface area (Å²) in [5.74, 6) is -2.85. The maximum atomic E-state index is 13.6. The molecular formula is C13H14FNO5. The van der Waals surface area contributed by atoms with Crippen LogP contribution in [0.5, 0.6) is 5.75 Å². The fourth-order valence-corrected chi connectivity index (χ4v) is 1.86. The quantitative estimate of drug-likeness (QED) is 0.883. The number of hydrogen-bond donors (Lipinski definition) is 1. The molecule has 1 aromatic rings. The summed E-state index contributed by atoms with van der Waals surface area (Å²) in [5, 5.41) is 8.95. The second kappa shape index (κ2) is 6.33. The minimum Gasteiger partial charge on any atom is -0.480 e. The van der Waals surface area contributed by atoms with Gasteiger partial charge in [-0.15, -0.1) is 0 Å². The summed E-state index contributed by atoms with van der Waals surface area (Å²) in [6.07, 6.45) is 0. The van der Waals surface area contributed by atoms with Crippen LogP contribution >= 0.6 is 0 Å². The van der Waals surface area contributed by atoms with Crippen LogP contribution in [0, 0.1) is 5.82 Å². The molecule has 0 unspecified atom stereocenters. The topological polar surface area (TPSA) is 76.1 Å². The van der Waals surface area contributed by atoms with Crippen molar-refractivity contribution in [2.24, 2.45) is 0 Å². The Hall–Kier alpha value is -2.15. The van der Waals surface area contributed by atoms with Gasteiger partial charge in [-0.05, 0) is 12.1 Å². The first-order chi connectivity index (χ1) is 9.59. The highest BCUT2D eigenvalue weighted by Gasteiger charge is 2.20. The van der Waals surface area contributed by atoms with Gasteiger partial charge in [-0.1, -0.05) is 6.07 Å². The first-order valence-corrected chi connectivity index (χ1v) is 6.09. The van der Waals surface area contributed by atoms with Gasteiger partial charge < -0.3 is 19.5 Å². The Kier molecular flexibility index (Phi) is 4.52. The molecule has 0 saturated carbocycles. The van der Waals surface area contributed by atoms with Crippen LogP contribution in [0.15, 0.2) is 18.2 Å². The third-order valence-corrected chi connectivity index (χ3v) is 2.90. The average molecular weight is 283 g/mol. The molecule has 6 nitrogen and oxygen atoms in total. The molecule has 1 saturated heterocycles. The fourth-order valence-electron chi connectivity index (χ4n) is 1.86. The molecule has 0 radical (unpaired) electrons. The maximum Gasteiger partial charge on any atom is 0.339 e. The molecule has 1 N–H and O–H groups in total. The van der Waals surface area contributed by atoms with Crippen molar-refractivity contribution in [2.45, 2.75) is 0 Å². The number of morpholine rings is 1. The summed E-state index contributed by atoms with van der Waals surface area (Å²) < 4.78 is 23.7. The lowest BCUT2D eigenvalue weighted by Crippen LogP contribution is -2.43. The van der Waals surface area contributed by atoms with Crippen LogP contribution in [0.4, 0.5) is 4.39 Å². The number of para-hydroxylation sites is 1. The lowest BCUT2D eigenvalue weighted by atomic mass is 10.2. The third-order valence-electron chi connectivity index (χ3n) is 2.90. The number of carbonyl (C=O) groups excluding carboxylic acids is 1. The number of carboxylic acid groups (broad SMARTS) is 1. The van der Waals surface area contributed by atoms with Gasteiger partial charge >= 0.3 is 5.97 Å². The van der Waals surface area contributed by atoms with Crippen molar-refractivity contribution in [3.63, 3.8) is 0 Å². The van der Waals surface area contributed by atoms with Crippen LogP contribution in [0.2, 0.25) is 0 Å². The lowest BCUT2D eigenvalue weighted by Gasteiger charge is -2.26. The van der Waals surface area contributed by atoms with E-state index in [2.05, 4.69) is 0 Å². The number of hydrogen-bond acceptors (Lipinski definition) is 4. The highest BCUT2D eigenvalue weighted by molar-refractivity contribution is 5.91. The Morgan fingerprint density at radius 2 is 2.05 bits per heavy atom. The van der Waals surface area contributed by atoms with Crippen molar-refractivity contribution in [2.75, 3.05) is 32.9 Å². The van der Waals surface area contributed by atoms with E-state index < -0.39 is 24.1 Å². The predicted molar refractivity (Wildman–Crippen MR) is 66.3 cm³/mol. The summed E-state index contributed by atoms with van der Waals surface area (Å²) in [5.41, 5.74) is -0.306. The van der Waals surface area contributed by atoms with E-state index in [4.69, 9.17) is 14.6 Å². The molecule has 1 aliphatic heterocycles. The molecule has 1 aliphatic rings. The number of rotatable bonds is 4. The lowest BCUT2D eigenvalue weighted by molar-refractivity contribution is -0.137. The Bertz CT molecular complexity index is 513.